The van der Waals surface area contributed by atoms with Crippen molar-refractivity contribution in [2.24, 2.45) is 50.2 Å². The van der Waals surface area contributed by atoms with Crippen LogP contribution in [0.5, 0.6) is 0 Å². The third-order valence-electron chi connectivity index (χ3n) is 15.1. The smallest absolute Gasteiger partial charge is 0.305 e. The fourth-order valence-corrected chi connectivity index (χ4v) is 12.0. The molecule has 0 aromatic rings. The molecule has 0 spiro atoms. The summed E-state index contributed by atoms with van der Waals surface area (Å²) in [6.45, 7) is 17.7. The Kier molecular flexibility index (Phi) is 9.57. The van der Waals surface area contributed by atoms with Crippen molar-refractivity contribution in [2.75, 3.05) is 6.61 Å². The summed E-state index contributed by atoms with van der Waals surface area (Å²) in [4.78, 5) is 36.8. The van der Waals surface area contributed by atoms with Crippen molar-refractivity contribution in [1.82, 2.24) is 0 Å². The molecular weight excluding hydrogens is 560 g/mol. The van der Waals surface area contributed by atoms with Crippen LogP contribution in [0.15, 0.2) is 11.6 Å². The van der Waals surface area contributed by atoms with Gasteiger partial charge in [0.2, 0.25) is 0 Å². The summed E-state index contributed by atoms with van der Waals surface area (Å²) in [5.74, 6) is 1.25. The number of ketones is 1. The summed E-state index contributed by atoms with van der Waals surface area (Å²) in [5, 5.41) is 8.79. The van der Waals surface area contributed by atoms with E-state index in [0.717, 1.165) is 77.0 Å². The zero-order valence-corrected chi connectivity index (χ0v) is 29.8. The minimum absolute atomic E-state index is 0.0440. The summed E-state index contributed by atoms with van der Waals surface area (Å²) in [5.41, 5.74) is 2.36. The van der Waals surface area contributed by atoms with Crippen LogP contribution in [-0.2, 0) is 19.1 Å². The third-order valence-corrected chi connectivity index (χ3v) is 15.1. The lowest BCUT2D eigenvalue weighted by Crippen LogP contribution is -2.64. The molecule has 0 aliphatic heterocycles. The molecular formula is C40H64O5. The summed E-state index contributed by atoms with van der Waals surface area (Å²) in [7, 11) is 0. The van der Waals surface area contributed by atoms with Gasteiger partial charge in [0.25, 0.3) is 0 Å². The molecule has 7 atom stereocenters. The van der Waals surface area contributed by atoms with Gasteiger partial charge in [-0.25, -0.2) is 0 Å². The molecule has 0 unspecified atom stereocenters. The Morgan fingerprint density at radius 1 is 0.822 bits per heavy atom. The Morgan fingerprint density at radius 2 is 1.47 bits per heavy atom. The molecule has 0 saturated heterocycles. The molecule has 4 saturated carbocycles. The first kappa shape index (κ1) is 34.7. The molecule has 45 heavy (non-hydrogen) atoms. The number of carbonyl (C=O) groups is 3. The van der Waals surface area contributed by atoms with E-state index in [1.165, 1.54) is 25.7 Å². The van der Waals surface area contributed by atoms with Crippen molar-refractivity contribution < 1.29 is 24.2 Å². The van der Waals surface area contributed by atoms with Crippen LogP contribution in [0.4, 0.5) is 0 Å². The lowest BCUT2D eigenvalue weighted by atomic mass is 9.33. The van der Waals surface area contributed by atoms with E-state index in [1.54, 1.807) is 5.57 Å². The van der Waals surface area contributed by atoms with Gasteiger partial charge in [-0.05, 0) is 110 Å². The number of Topliss-reactive ketones (excluding diaryl/α,β-unsaturated/α-hetero) is 1. The Hall–Kier alpha value is -1.65. The second kappa shape index (κ2) is 12.4. The number of ether oxygens (including phenoxy) is 1. The van der Waals surface area contributed by atoms with Gasteiger partial charge in [-0.1, -0.05) is 85.8 Å². The topological polar surface area (TPSA) is 80.7 Å². The van der Waals surface area contributed by atoms with Crippen molar-refractivity contribution in [1.29, 1.82) is 0 Å². The second-order valence-corrected chi connectivity index (χ2v) is 18.4. The average Bonchev–Trinajstić information content (AvgIpc) is 2.96. The highest BCUT2D eigenvalue weighted by Crippen LogP contribution is 2.75. The van der Waals surface area contributed by atoms with Crippen LogP contribution < -0.4 is 0 Å². The summed E-state index contributed by atoms with van der Waals surface area (Å²) in [6.07, 6.45) is 20.1. The van der Waals surface area contributed by atoms with Crippen molar-refractivity contribution in [3.8, 4) is 0 Å². The van der Waals surface area contributed by atoms with E-state index in [0.29, 0.717) is 36.6 Å². The van der Waals surface area contributed by atoms with Crippen LogP contribution >= 0.6 is 0 Å². The number of esters is 1. The zero-order valence-electron chi connectivity index (χ0n) is 29.8. The zero-order chi connectivity index (χ0) is 32.9. The molecule has 5 nitrogen and oxygen atoms in total. The van der Waals surface area contributed by atoms with E-state index >= 15 is 0 Å². The minimum atomic E-state index is -0.717. The molecule has 0 radical (unpaired) electrons. The van der Waals surface area contributed by atoms with Crippen molar-refractivity contribution in [3.05, 3.63) is 11.6 Å². The lowest BCUT2D eigenvalue weighted by molar-refractivity contribution is -0.188. The Bertz CT molecular complexity index is 1180. The maximum Gasteiger partial charge on any atom is 0.305 e. The highest BCUT2D eigenvalue weighted by atomic mass is 16.5. The SMILES string of the molecule is CC1(C)CC[C@]2(COC(=O)CCCCCCCCC(=O)O)CC[C@]3(C)C(=CC[C@@H]4[C@@]5(C)CCC(=O)C(C)(C)[C@@H]5CC[C@]43C)[C@@H]2C1. The average molecular weight is 625 g/mol. The lowest BCUT2D eigenvalue weighted by Gasteiger charge is -2.70. The number of hydrogen-bond acceptors (Lipinski definition) is 4. The van der Waals surface area contributed by atoms with Crippen LogP contribution in [0.3, 0.4) is 0 Å². The van der Waals surface area contributed by atoms with Crippen LogP contribution in [0.1, 0.15) is 164 Å². The van der Waals surface area contributed by atoms with Crippen molar-refractivity contribution in [2.45, 2.75) is 164 Å². The van der Waals surface area contributed by atoms with Crippen LogP contribution in [-0.4, -0.2) is 29.4 Å². The van der Waals surface area contributed by atoms with Crippen molar-refractivity contribution in [3.63, 3.8) is 0 Å². The van der Waals surface area contributed by atoms with Gasteiger partial charge in [0, 0.05) is 30.1 Å². The van der Waals surface area contributed by atoms with Gasteiger partial charge in [-0.15, -0.1) is 0 Å². The predicted molar refractivity (Wildman–Crippen MR) is 180 cm³/mol. The van der Waals surface area contributed by atoms with Gasteiger partial charge < -0.3 is 9.84 Å². The first-order chi connectivity index (χ1) is 21.0. The molecule has 254 valence electrons. The molecule has 0 aromatic heterocycles. The highest BCUT2D eigenvalue weighted by molar-refractivity contribution is 5.85. The van der Waals surface area contributed by atoms with Crippen LogP contribution in [0, 0.1) is 50.2 Å². The number of unbranched alkanes of at least 4 members (excludes halogenated alkanes) is 5. The number of fused-ring (bicyclic) bond motifs is 7. The third kappa shape index (κ3) is 6.10. The van der Waals surface area contributed by atoms with Gasteiger partial charge in [0.05, 0.1) is 6.61 Å². The van der Waals surface area contributed by atoms with Gasteiger partial charge in [0.15, 0.2) is 0 Å². The maximum atomic E-state index is 13.1. The van der Waals surface area contributed by atoms with Gasteiger partial charge in [0.1, 0.15) is 5.78 Å². The summed E-state index contributed by atoms with van der Waals surface area (Å²) < 4.78 is 6.18. The number of rotatable bonds is 11. The normalized spacial score (nSPS) is 39.8. The molecule has 0 heterocycles. The molecule has 0 aromatic carbocycles. The largest absolute Gasteiger partial charge is 0.481 e. The Morgan fingerprint density at radius 3 is 2.16 bits per heavy atom. The van der Waals surface area contributed by atoms with Gasteiger partial charge >= 0.3 is 11.9 Å². The minimum Gasteiger partial charge on any atom is -0.481 e. The van der Waals surface area contributed by atoms with Crippen molar-refractivity contribution >= 4 is 17.7 Å². The standard InChI is InChI=1S/C40H64O5/c1-35(2)22-24-40(27-45-34(44)15-13-11-9-8-10-12-14-33(42)43)25-23-38(6)28(29(40)26-35)16-17-31-37(5)20-19-32(41)36(3,4)30(37)18-21-39(31,38)7/h16,29-31H,8-15,17-27H2,1-7H3,(H,42,43)/t29-,30-,31+,37-,38+,39+,40+/m0/s1. The number of carboxylic acid groups (broad SMARTS) is 1. The molecule has 5 aliphatic rings. The summed E-state index contributed by atoms with van der Waals surface area (Å²) in [6, 6.07) is 0. The summed E-state index contributed by atoms with van der Waals surface area (Å²) >= 11 is 0. The van der Waals surface area contributed by atoms with E-state index in [1.807, 2.05) is 0 Å². The maximum absolute atomic E-state index is 13.1. The van der Waals surface area contributed by atoms with E-state index in [4.69, 9.17) is 9.84 Å². The highest BCUT2D eigenvalue weighted by Gasteiger charge is 2.68. The first-order valence-corrected chi connectivity index (χ1v) is 18.6. The van der Waals surface area contributed by atoms with Gasteiger partial charge in [-0.2, -0.15) is 0 Å². The monoisotopic (exact) mass is 624 g/mol. The molecule has 5 aliphatic carbocycles. The number of allylic oxidation sites excluding steroid dienone is 2. The van der Waals surface area contributed by atoms with E-state index in [9.17, 15) is 14.4 Å². The van der Waals surface area contributed by atoms with Gasteiger partial charge in [-0.3, -0.25) is 14.4 Å². The molecule has 4 fully saturated rings. The second-order valence-electron chi connectivity index (χ2n) is 18.4. The molecule has 0 amide bonds. The van der Waals surface area contributed by atoms with Crippen LogP contribution in [0.25, 0.3) is 0 Å². The number of aliphatic carboxylic acids is 1. The fraction of sp³-hybridized carbons (Fsp3) is 0.875. The van der Waals surface area contributed by atoms with E-state index < -0.39 is 5.97 Å². The molecule has 0 bridgehead atoms. The first-order valence-electron chi connectivity index (χ1n) is 18.6. The fourth-order valence-electron chi connectivity index (χ4n) is 12.0. The predicted octanol–water partition coefficient (Wildman–Crippen LogP) is 10.1. The molecule has 5 rings (SSSR count). The molecule has 5 heteroatoms. The van der Waals surface area contributed by atoms with E-state index in [2.05, 4.69) is 54.5 Å². The quantitative estimate of drug-likeness (QED) is 0.141. The molecule has 1 N–H and O–H groups in total. The van der Waals surface area contributed by atoms with Crippen LogP contribution in [0.2, 0.25) is 0 Å². The number of hydrogen-bond donors (Lipinski definition) is 1. The number of carbonyl (C=O) groups excluding carboxylic acids is 2. The number of carboxylic acids is 1. The van der Waals surface area contributed by atoms with E-state index in [-0.39, 0.29) is 44.9 Å². The Labute approximate surface area is 274 Å². The Balaban J connectivity index is 1.28.